The summed E-state index contributed by atoms with van der Waals surface area (Å²) < 4.78 is 0.642. The summed E-state index contributed by atoms with van der Waals surface area (Å²) in [7, 11) is 0. The molecule has 0 bridgehead atoms. The van der Waals surface area contributed by atoms with Gasteiger partial charge in [-0.15, -0.1) is 11.3 Å². The predicted molar refractivity (Wildman–Crippen MR) is 77.4 cm³/mol. The number of thiophene rings is 1. The van der Waals surface area contributed by atoms with Crippen LogP contribution in [0.2, 0.25) is 4.34 Å². The minimum atomic E-state index is -1.02. The van der Waals surface area contributed by atoms with Crippen molar-refractivity contribution in [2.75, 3.05) is 0 Å². The molecule has 0 aliphatic carbocycles. The normalized spacial score (nSPS) is 14.3. The van der Waals surface area contributed by atoms with Crippen LogP contribution in [0.25, 0.3) is 6.08 Å². The van der Waals surface area contributed by atoms with Crippen molar-refractivity contribution in [3.05, 3.63) is 27.4 Å². The number of aliphatic carboxylic acids is 1. The van der Waals surface area contributed by atoms with Gasteiger partial charge in [0, 0.05) is 11.0 Å². The summed E-state index contributed by atoms with van der Waals surface area (Å²) in [5.74, 6) is -1.56. The first-order valence-electron chi connectivity index (χ1n) is 5.90. The fourth-order valence-electron chi connectivity index (χ4n) is 1.46. The monoisotopic (exact) mass is 301 g/mol. The topological polar surface area (TPSA) is 66.4 Å². The molecular weight excluding hydrogens is 286 g/mol. The van der Waals surface area contributed by atoms with Crippen molar-refractivity contribution in [3.63, 3.8) is 0 Å². The number of carbonyl (C=O) groups excluding carboxylic acids is 1. The fourth-order valence-corrected chi connectivity index (χ4v) is 2.42. The highest BCUT2D eigenvalue weighted by Gasteiger charge is 2.24. The summed E-state index contributed by atoms with van der Waals surface area (Å²) in [6.45, 7) is 3.68. The van der Waals surface area contributed by atoms with Crippen LogP contribution in [-0.2, 0) is 9.59 Å². The van der Waals surface area contributed by atoms with E-state index in [4.69, 9.17) is 16.7 Å². The van der Waals surface area contributed by atoms with E-state index in [-0.39, 0.29) is 5.92 Å². The lowest BCUT2D eigenvalue weighted by atomic mass is 9.99. The maximum atomic E-state index is 11.7. The minimum Gasteiger partial charge on any atom is -0.480 e. The number of carboxylic acids is 1. The van der Waals surface area contributed by atoms with Gasteiger partial charge in [0.2, 0.25) is 5.91 Å². The maximum Gasteiger partial charge on any atom is 0.326 e. The minimum absolute atomic E-state index is 0.119. The lowest BCUT2D eigenvalue weighted by molar-refractivity contribution is -0.142. The molecule has 1 aromatic rings. The number of halogens is 1. The molecule has 1 rings (SSSR count). The molecule has 1 heterocycles. The van der Waals surface area contributed by atoms with Gasteiger partial charge in [-0.05, 0) is 24.1 Å². The third-order valence-corrected chi connectivity index (χ3v) is 3.97. The Hall–Kier alpha value is -1.33. The number of amides is 1. The molecule has 0 spiro atoms. The number of hydrogen-bond acceptors (Lipinski definition) is 3. The van der Waals surface area contributed by atoms with Crippen molar-refractivity contribution in [2.24, 2.45) is 5.92 Å². The second-order valence-corrected chi connectivity index (χ2v) is 5.93. The molecule has 6 heteroatoms. The van der Waals surface area contributed by atoms with Gasteiger partial charge in [-0.1, -0.05) is 31.9 Å². The highest BCUT2D eigenvalue weighted by molar-refractivity contribution is 7.17. The van der Waals surface area contributed by atoms with Gasteiger partial charge in [0.25, 0.3) is 0 Å². The van der Waals surface area contributed by atoms with Crippen LogP contribution >= 0.6 is 22.9 Å². The summed E-state index contributed by atoms with van der Waals surface area (Å²) in [6.07, 6.45) is 3.61. The number of hydrogen-bond donors (Lipinski definition) is 2. The van der Waals surface area contributed by atoms with E-state index in [1.165, 1.54) is 17.4 Å². The molecular formula is C13H16ClNO3S. The molecule has 0 saturated heterocycles. The fraction of sp³-hybridized carbons (Fsp3) is 0.385. The molecule has 4 nitrogen and oxygen atoms in total. The predicted octanol–water partition coefficient (Wildman–Crippen LogP) is 3.03. The Balaban J connectivity index is 2.62. The first-order chi connectivity index (χ1) is 8.93. The van der Waals surface area contributed by atoms with Gasteiger partial charge in [-0.3, -0.25) is 4.79 Å². The van der Waals surface area contributed by atoms with E-state index in [0.717, 1.165) is 4.88 Å². The van der Waals surface area contributed by atoms with Crippen LogP contribution in [0, 0.1) is 5.92 Å². The Labute approximate surface area is 121 Å². The van der Waals surface area contributed by atoms with Crippen molar-refractivity contribution in [2.45, 2.75) is 26.3 Å². The second-order valence-electron chi connectivity index (χ2n) is 4.19. The Morgan fingerprint density at radius 3 is 2.68 bits per heavy atom. The summed E-state index contributed by atoms with van der Waals surface area (Å²) in [4.78, 5) is 23.6. The molecule has 1 amide bonds. The molecule has 104 valence electrons. The summed E-state index contributed by atoms with van der Waals surface area (Å²) in [5, 5.41) is 11.5. The van der Waals surface area contributed by atoms with Crippen LogP contribution < -0.4 is 5.32 Å². The van der Waals surface area contributed by atoms with Gasteiger partial charge in [0.05, 0.1) is 4.34 Å². The third-order valence-electron chi connectivity index (χ3n) is 2.77. The molecule has 2 unspecified atom stereocenters. The Kier molecular flexibility index (Phi) is 6.05. The Morgan fingerprint density at radius 1 is 1.53 bits per heavy atom. The van der Waals surface area contributed by atoms with Gasteiger partial charge in [0.1, 0.15) is 6.04 Å². The van der Waals surface area contributed by atoms with Gasteiger partial charge in [-0.25, -0.2) is 4.79 Å². The van der Waals surface area contributed by atoms with Crippen molar-refractivity contribution >= 4 is 40.9 Å². The van der Waals surface area contributed by atoms with Gasteiger partial charge in [-0.2, -0.15) is 0 Å². The molecule has 0 aliphatic heterocycles. The molecule has 0 fully saturated rings. The molecule has 1 aromatic heterocycles. The molecule has 19 heavy (non-hydrogen) atoms. The van der Waals surface area contributed by atoms with Crippen LogP contribution in [-0.4, -0.2) is 23.0 Å². The average Bonchev–Trinajstić information content (AvgIpc) is 2.78. The lowest BCUT2D eigenvalue weighted by Crippen LogP contribution is -2.44. The van der Waals surface area contributed by atoms with Crippen LogP contribution in [0.3, 0.4) is 0 Å². The zero-order valence-corrected chi connectivity index (χ0v) is 12.3. The smallest absolute Gasteiger partial charge is 0.326 e. The number of carbonyl (C=O) groups is 2. The maximum absolute atomic E-state index is 11.7. The summed E-state index contributed by atoms with van der Waals surface area (Å²) >= 11 is 7.12. The quantitative estimate of drug-likeness (QED) is 0.794. The molecule has 0 aromatic carbocycles. The number of rotatable bonds is 6. The van der Waals surface area contributed by atoms with Gasteiger partial charge in [0.15, 0.2) is 0 Å². The zero-order chi connectivity index (χ0) is 14.4. The lowest BCUT2D eigenvalue weighted by Gasteiger charge is -2.19. The first kappa shape index (κ1) is 15.7. The first-order valence-corrected chi connectivity index (χ1v) is 7.10. The van der Waals surface area contributed by atoms with E-state index in [2.05, 4.69) is 5.32 Å². The zero-order valence-electron chi connectivity index (χ0n) is 10.7. The van der Waals surface area contributed by atoms with Crippen molar-refractivity contribution in [1.29, 1.82) is 0 Å². The molecule has 2 N–H and O–H groups in total. The Morgan fingerprint density at radius 2 is 2.21 bits per heavy atom. The van der Waals surface area contributed by atoms with Crippen molar-refractivity contribution in [1.82, 2.24) is 5.32 Å². The van der Waals surface area contributed by atoms with Crippen molar-refractivity contribution in [3.8, 4) is 0 Å². The van der Waals surface area contributed by atoms with Crippen LogP contribution in [0.15, 0.2) is 18.2 Å². The van der Waals surface area contributed by atoms with Gasteiger partial charge < -0.3 is 10.4 Å². The second kappa shape index (κ2) is 7.31. The van der Waals surface area contributed by atoms with Gasteiger partial charge >= 0.3 is 5.97 Å². The van der Waals surface area contributed by atoms with Crippen LogP contribution in [0.5, 0.6) is 0 Å². The van der Waals surface area contributed by atoms with E-state index >= 15 is 0 Å². The molecule has 0 radical (unpaired) electrons. The van der Waals surface area contributed by atoms with E-state index in [1.54, 1.807) is 25.1 Å². The average molecular weight is 302 g/mol. The highest BCUT2D eigenvalue weighted by Crippen LogP contribution is 2.22. The summed E-state index contributed by atoms with van der Waals surface area (Å²) in [5.41, 5.74) is 0. The Bertz CT molecular complexity index is 484. The van der Waals surface area contributed by atoms with Crippen molar-refractivity contribution < 1.29 is 14.7 Å². The molecule has 0 aliphatic rings. The SMILES string of the molecule is CCC(C)C(NC(=O)/C=C/c1ccc(Cl)s1)C(=O)O. The standard InChI is InChI=1S/C13H16ClNO3S/c1-3-8(2)12(13(17)18)15-11(16)7-5-9-4-6-10(14)19-9/h4-8,12H,3H2,1-2H3,(H,15,16)(H,17,18)/b7-5+. The number of nitrogens with one attached hydrogen (secondary N) is 1. The van der Waals surface area contributed by atoms with E-state index in [0.29, 0.717) is 10.8 Å². The summed E-state index contributed by atoms with van der Waals surface area (Å²) in [6, 6.07) is 2.66. The molecule has 0 saturated carbocycles. The number of carboxylic acid groups (broad SMARTS) is 1. The van der Waals surface area contributed by atoms with Crippen LogP contribution in [0.4, 0.5) is 0 Å². The van der Waals surface area contributed by atoms with Crippen LogP contribution in [0.1, 0.15) is 25.1 Å². The van der Waals surface area contributed by atoms with E-state index in [9.17, 15) is 9.59 Å². The largest absolute Gasteiger partial charge is 0.480 e. The molecule has 2 atom stereocenters. The third kappa shape index (κ3) is 5.04. The van der Waals surface area contributed by atoms with E-state index in [1.807, 2.05) is 6.92 Å². The van der Waals surface area contributed by atoms with E-state index < -0.39 is 17.9 Å². The highest BCUT2D eigenvalue weighted by atomic mass is 35.5.